The molecule has 5 aromatic rings. The molecule has 3 heterocycles. The van der Waals surface area contributed by atoms with E-state index in [9.17, 15) is 14.0 Å². The summed E-state index contributed by atoms with van der Waals surface area (Å²) < 4.78 is 26.3. The maximum atomic E-state index is 13.6. The van der Waals surface area contributed by atoms with Gasteiger partial charge in [0.2, 0.25) is 5.91 Å². The molecule has 2 N–H and O–H groups in total. The van der Waals surface area contributed by atoms with Gasteiger partial charge in [-0.3, -0.25) is 9.59 Å². The minimum absolute atomic E-state index is 0.0908. The molecule has 3 aromatic carbocycles. The molecule has 0 aliphatic carbocycles. The Balaban J connectivity index is 1.61. The monoisotopic (exact) mass is 512 g/mol. The number of primary amides is 1. The molecule has 8 nitrogen and oxygen atoms in total. The Kier molecular flexibility index (Phi) is 5.92. The number of hydrogen-bond donors (Lipinski definition) is 1. The van der Waals surface area contributed by atoms with E-state index in [0.717, 1.165) is 33.1 Å². The lowest BCUT2D eigenvalue weighted by Crippen LogP contribution is -2.40. The van der Waals surface area contributed by atoms with Crippen LogP contribution in [-0.4, -0.2) is 52.7 Å². The molecule has 0 bridgehead atoms. The molecule has 38 heavy (non-hydrogen) atoms. The third-order valence-corrected chi connectivity index (χ3v) is 7.09. The van der Waals surface area contributed by atoms with Crippen LogP contribution in [0.3, 0.4) is 0 Å². The summed E-state index contributed by atoms with van der Waals surface area (Å²) in [6.45, 7) is 4.27. The van der Waals surface area contributed by atoms with Gasteiger partial charge in [0.1, 0.15) is 11.6 Å². The lowest BCUT2D eigenvalue weighted by atomic mass is 9.98. The van der Waals surface area contributed by atoms with E-state index in [4.69, 9.17) is 15.0 Å². The largest absolute Gasteiger partial charge is 0.378 e. The van der Waals surface area contributed by atoms with Gasteiger partial charge in [-0.05, 0) is 60.5 Å². The molecular formula is C29H25FN4O4. The summed E-state index contributed by atoms with van der Waals surface area (Å²) in [4.78, 5) is 27.8. The fourth-order valence-electron chi connectivity index (χ4n) is 5.17. The minimum Gasteiger partial charge on any atom is -0.378 e. The number of nitrogens with two attached hydrogens (primary N) is 1. The number of benzene rings is 3. The quantitative estimate of drug-likeness (QED) is 0.373. The number of nitrogens with zero attached hydrogens (tertiary/aromatic N) is 3. The lowest BCUT2D eigenvalue weighted by Gasteiger charge is -2.26. The third-order valence-electron chi connectivity index (χ3n) is 7.09. The number of amides is 2. The van der Waals surface area contributed by atoms with Crippen molar-refractivity contribution in [3.8, 4) is 11.1 Å². The summed E-state index contributed by atoms with van der Waals surface area (Å²) >= 11 is 0. The summed E-state index contributed by atoms with van der Waals surface area (Å²) in [5.41, 5.74) is 10.7. The average molecular weight is 513 g/mol. The van der Waals surface area contributed by atoms with Crippen molar-refractivity contribution in [3.05, 3.63) is 89.1 Å². The van der Waals surface area contributed by atoms with Gasteiger partial charge in [0.15, 0.2) is 0 Å². The molecule has 0 unspecified atom stereocenters. The number of ether oxygens (including phenoxy) is 1. The first-order valence-electron chi connectivity index (χ1n) is 12.3. The Morgan fingerprint density at radius 2 is 1.79 bits per heavy atom. The second kappa shape index (κ2) is 9.42. The van der Waals surface area contributed by atoms with Crippen molar-refractivity contribution in [1.29, 1.82) is 0 Å². The van der Waals surface area contributed by atoms with Crippen LogP contribution in [0.15, 0.2) is 65.3 Å². The molecule has 6 rings (SSSR count). The molecule has 0 radical (unpaired) electrons. The van der Waals surface area contributed by atoms with Crippen LogP contribution in [0.25, 0.3) is 32.9 Å². The molecule has 9 heteroatoms. The maximum Gasteiger partial charge on any atom is 0.254 e. The van der Waals surface area contributed by atoms with Crippen LogP contribution in [-0.2, 0) is 11.3 Å². The van der Waals surface area contributed by atoms with Gasteiger partial charge in [0, 0.05) is 52.6 Å². The van der Waals surface area contributed by atoms with Crippen molar-refractivity contribution in [2.24, 2.45) is 5.73 Å². The van der Waals surface area contributed by atoms with Crippen LogP contribution in [0.4, 0.5) is 4.39 Å². The molecule has 0 spiro atoms. The van der Waals surface area contributed by atoms with E-state index in [1.165, 1.54) is 12.1 Å². The predicted octanol–water partition coefficient (Wildman–Crippen LogP) is 4.52. The zero-order chi connectivity index (χ0) is 26.4. The van der Waals surface area contributed by atoms with Crippen LogP contribution >= 0.6 is 0 Å². The number of carbonyl (C=O) groups is 2. The van der Waals surface area contributed by atoms with E-state index in [2.05, 4.69) is 9.72 Å². The van der Waals surface area contributed by atoms with Gasteiger partial charge in [-0.1, -0.05) is 17.3 Å². The maximum absolute atomic E-state index is 13.6. The normalized spacial score (nSPS) is 13.9. The van der Waals surface area contributed by atoms with Crippen molar-refractivity contribution in [1.82, 2.24) is 14.6 Å². The molecule has 0 atom stereocenters. The Morgan fingerprint density at radius 1 is 1.03 bits per heavy atom. The minimum atomic E-state index is -0.586. The lowest BCUT2D eigenvalue weighted by molar-refractivity contribution is 0.0303. The van der Waals surface area contributed by atoms with Crippen molar-refractivity contribution in [3.63, 3.8) is 0 Å². The van der Waals surface area contributed by atoms with Crippen molar-refractivity contribution in [2.75, 3.05) is 26.3 Å². The van der Waals surface area contributed by atoms with Crippen LogP contribution in [0.5, 0.6) is 0 Å². The topological polar surface area (TPSA) is 104 Å². The van der Waals surface area contributed by atoms with E-state index >= 15 is 0 Å². The standard InChI is InChI=1S/C29H25FN4O4/c1-17-24(15-32-38-17)20-13-23(28(31)35)27-22-12-19(29(36)33-8-10-37-11-9-33)4-7-25(22)34(26(27)14-20)16-18-2-5-21(30)6-3-18/h2-7,12-15H,8-11,16H2,1H3,(H2,31,35). The first-order valence-corrected chi connectivity index (χ1v) is 12.3. The molecule has 1 aliphatic heterocycles. The highest BCUT2D eigenvalue weighted by molar-refractivity contribution is 6.20. The summed E-state index contributed by atoms with van der Waals surface area (Å²) in [7, 11) is 0. The van der Waals surface area contributed by atoms with E-state index in [0.29, 0.717) is 55.1 Å². The Labute approximate surface area is 217 Å². The van der Waals surface area contributed by atoms with Crippen molar-refractivity contribution < 1.29 is 23.2 Å². The SMILES string of the molecule is Cc1oncc1-c1cc(C(N)=O)c2c3cc(C(=O)N4CCOCC4)ccc3n(Cc3ccc(F)cc3)c2c1. The Bertz CT molecular complexity index is 1700. The van der Waals surface area contributed by atoms with E-state index < -0.39 is 5.91 Å². The van der Waals surface area contributed by atoms with Gasteiger partial charge in [-0.25, -0.2) is 4.39 Å². The molecule has 192 valence electrons. The number of fused-ring (bicyclic) bond motifs is 3. The average Bonchev–Trinajstić information content (AvgIpc) is 3.50. The molecule has 1 aliphatic rings. The Hall–Kier alpha value is -4.50. The van der Waals surface area contributed by atoms with E-state index in [1.807, 2.05) is 18.2 Å². The number of aryl methyl sites for hydroxylation is 1. The first-order chi connectivity index (χ1) is 18.4. The predicted molar refractivity (Wildman–Crippen MR) is 140 cm³/mol. The molecule has 0 saturated carbocycles. The number of rotatable bonds is 5. The number of carbonyl (C=O) groups excluding carboxylic acids is 2. The van der Waals surface area contributed by atoms with E-state index in [1.54, 1.807) is 42.3 Å². The fraction of sp³-hybridized carbons (Fsp3) is 0.207. The van der Waals surface area contributed by atoms with Gasteiger partial charge >= 0.3 is 0 Å². The fourth-order valence-corrected chi connectivity index (χ4v) is 5.17. The summed E-state index contributed by atoms with van der Waals surface area (Å²) in [5, 5.41) is 5.28. The Morgan fingerprint density at radius 3 is 2.47 bits per heavy atom. The zero-order valence-corrected chi connectivity index (χ0v) is 20.7. The highest BCUT2D eigenvalue weighted by Crippen LogP contribution is 2.37. The van der Waals surface area contributed by atoms with Gasteiger partial charge in [-0.15, -0.1) is 0 Å². The molecular weight excluding hydrogens is 487 g/mol. The van der Waals surface area contributed by atoms with Crippen LogP contribution < -0.4 is 5.73 Å². The number of halogens is 1. The number of hydrogen-bond acceptors (Lipinski definition) is 5. The molecule has 1 fully saturated rings. The van der Waals surface area contributed by atoms with Crippen LogP contribution in [0.2, 0.25) is 0 Å². The molecule has 1 saturated heterocycles. The second-order valence-electron chi connectivity index (χ2n) is 9.43. The van der Waals surface area contributed by atoms with Gasteiger partial charge in [0.05, 0.1) is 24.9 Å². The first kappa shape index (κ1) is 23.9. The summed E-state index contributed by atoms with van der Waals surface area (Å²) in [6.07, 6.45) is 1.60. The third kappa shape index (κ3) is 4.10. The van der Waals surface area contributed by atoms with Gasteiger partial charge in [0.25, 0.3) is 5.91 Å². The van der Waals surface area contributed by atoms with Crippen LogP contribution in [0.1, 0.15) is 32.0 Å². The van der Waals surface area contributed by atoms with Gasteiger partial charge < -0.3 is 24.5 Å². The van der Waals surface area contributed by atoms with Crippen molar-refractivity contribution in [2.45, 2.75) is 13.5 Å². The number of aromatic nitrogens is 2. The number of morpholine rings is 1. The smallest absolute Gasteiger partial charge is 0.254 e. The second-order valence-corrected chi connectivity index (χ2v) is 9.43. The van der Waals surface area contributed by atoms with Crippen molar-refractivity contribution >= 4 is 33.6 Å². The zero-order valence-electron chi connectivity index (χ0n) is 20.7. The highest BCUT2D eigenvalue weighted by atomic mass is 19.1. The highest BCUT2D eigenvalue weighted by Gasteiger charge is 2.23. The summed E-state index contributed by atoms with van der Waals surface area (Å²) in [5.74, 6) is -0.383. The molecule has 2 amide bonds. The van der Waals surface area contributed by atoms with Gasteiger partial charge in [-0.2, -0.15) is 0 Å². The van der Waals surface area contributed by atoms with Crippen LogP contribution in [0, 0.1) is 12.7 Å². The molecule has 2 aromatic heterocycles. The van der Waals surface area contributed by atoms with E-state index in [-0.39, 0.29) is 11.7 Å². The summed E-state index contributed by atoms with van der Waals surface area (Å²) in [6, 6.07) is 15.5.